The molecule has 7 nitrogen and oxygen atoms in total. The lowest BCUT2D eigenvalue weighted by molar-refractivity contribution is 0.637. The van der Waals surface area contributed by atoms with Crippen LogP contribution < -0.4 is 22.1 Å². The first-order valence-corrected chi connectivity index (χ1v) is 11.7. The molecule has 1 aliphatic carbocycles. The van der Waals surface area contributed by atoms with E-state index in [0.29, 0.717) is 16.8 Å². The Bertz CT molecular complexity index is 1560. The van der Waals surface area contributed by atoms with E-state index >= 15 is 0 Å². The van der Waals surface area contributed by atoms with Crippen molar-refractivity contribution in [3.8, 4) is 5.69 Å². The zero-order chi connectivity index (χ0) is 23.3. The number of para-hydroxylation sites is 1. The maximum atomic E-state index is 13.7. The standard InChI is InChI=1S/C25H23BrN4O3/c1-3-15-13-16(26)9-12-19(15)27-20-14-21(31)28(2)23-22(20)24(32)30(18-10-11-18)25(33)29(23)17-7-5-4-6-8-17/h4-9,12-14,18,27H,3,10-11H2,1-2H3. The second kappa shape index (κ2) is 8.19. The molecule has 0 radical (unpaired) electrons. The molecular weight excluding hydrogens is 484 g/mol. The fraction of sp³-hybridized carbons (Fsp3) is 0.240. The third kappa shape index (κ3) is 3.64. The van der Waals surface area contributed by atoms with Crippen LogP contribution in [0.3, 0.4) is 0 Å². The van der Waals surface area contributed by atoms with Crippen LogP contribution >= 0.6 is 15.9 Å². The molecule has 0 spiro atoms. The minimum Gasteiger partial charge on any atom is -0.354 e. The van der Waals surface area contributed by atoms with Gasteiger partial charge in [0.1, 0.15) is 11.0 Å². The molecule has 5 rings (SSSR count). The molecule has 4 aromatic rings. The van der Waals surface area contributed by atoms with Crippen molar-refractivity contribution < 1.29 is 0 Å². The monoisotopic (exact) mass is 506 g/mol. The fourth-order valence-electron chi connectivity index (χ4n) is 4.25. The van der Waals surface area contributed by atoms with Gasteiger partial charge in [0.15, 0.2) is 0 Å². The minimum atomic E-state index is -0.425. The van der Waals surface area contributed by atoms with Gasteiger partial charge < -0.3 is 5.32 Å². The van der Waals surface area contributed by atoms with Crippen LogP contribution in [0.5, 0.6) is 0 Å². The third-order valence-electron chi connectivity index (χ3n) is 6.09. The minimum absolute atomic E-state index is 0.117. The van der Waals surface area contributed by atoms with E-state index in [4.69, 9.17) is 0 Å². The lowest BCUT2D eigenvalue weighted by atomic mass is 10.1. The Kier molecular flexibility index (Phi) is 5.32. The highest BCUT2D eigenvalue weighted by Crippen LogP contribution is 2.34. The summed E-state index contributed by atoms with van der Waals surface area (Å²) in [6.45, 7) is 2.04. The maximum Gasteiger partial charge on any atom is 0.337 e. The number of nitrogens with zero attached hydrogens (tertiary/aromatic N) is 3. The van der Waals surface area contributed by atoms with Crippen LogP contribution in [0.15, 0.2) is 73.5 Å². The molecule has 0 amide bonds. The van der Waals surface area contributed by atoms with Crippen LogP contribution in [0, 0.1) is 0 Å². The average molecular weight is 507 g/mol. The zero-order valence-electron chi connectivity index (χ0n) is 18.3. The molecule has 1 aliphatic rings. The number of fused-ring (bicyclic) bond motifs is 1. The summed E-state index contributed by atoms with van der Waals surface area (Å²) >= 11 is 3.50. The summed E-state index contributed by atoms with van der Waals surface area (Å²) in [5.41, 5.74) is 2.01. The van der Waals surface area contributed by atoms with Crippen LogP contribution in [0.1, 0.15) is 31.4 Å². The number of benzene rings is 2. The van der Waals surface area contributed by atoms with Gasteiger partial charge in [-0.3, -0.25) is 18.7 Å². The Morgan fingerprint density at radius 2 is 1.73 bits per heavy atom. The molecule has 0 bridgehead atoms. The van der Waals surface area contributed by atoms with Gasteiger partial charge in [-0.1, -0.05) is 41.1 Å². The third-order valence-corrected chi connectivity index (χ3v) is 6.59. The topological polar surface area (TPSA) is 78.0 Å². The molecule has 2 aromatic heterocycles. The lowest BCUT2D eigenvalue weighted by Gasteiger charge is -2.19. The highest BCUT2D eigenvalue weighted by atomic mass is 79.9. The fourth-order valence-corrected chi connectivity index (χ4v) is 4.66. The van der Waals surface area contributed by atoms with Gasteiger partial charge in [0.05, 0.1) is 11.4 Å². The van der Waals surface area contributed by atoms with Crippen molar-refractivity contribution in [3.05, 3.63) is 95.8 Å². The second-order valence-electron chi connectivity index (χ2n) is 8.29. The van der Waals surface area contributed by atoms with Crippen molar-refractivity contribution in [2.24, 2.45) is 7.05 Å². The van der Waals surface area contributed by atoms with Crippen molar-refractivity contribution in [2.75, 3.05) is 5.32 Å². The average Bonchev–Trinajstić information content (AvgIpc) is 3.64. The number of hydrogen-bond acceptors (Lipinski definition) is 4. The van der Waals surface area contributed by atoms with Crippen LogP contribution in [-0.2, 0) is 13.5 Å². The molecule has 0 unspecified atom stereocenters. The van der Waals surface area contributed by atoms with Gasteiger partial charge >= 0.3 is 5.69 Å². The van der Waals surface area contributed by atoms with Crippen molar-refractivity contribution in [3.63, 3.8) is 0 Å². The first kappa shape index (κ1) is 21.5. The normalized spacial score (nSPS) is 13.4. The molecule has 2 heterocycles. The molecule has 1 saturated carbocycles. The number of hydrogen-bond donors (Lipinski definition) is 1. The van der Waals surface area contributed by atoms with Crippen LogP contribution in [0.25, 0.3) is 16.7 Å². The highest BCUT2D eigenvalue weighted by molar-refractivity contribution is 9.10. The Morgan fingerprint density at radius 1 is 1.00 bits per heavy atom. The van der Waals surface area contributed by atoms with Gasteiger partial charge in [-0.15, -0.1) is 0 Å². The number of rotatable bonds is 5. The number of anilines is 2. The van der Waals surface area contributed by atoms with Gasteiger partial charge in [0.2, 0.25) is 0 Å². The number of aryl methyl sites for hydroxylation is 2. The van der Waals surface area contributed by atoms with E-state index in [1.807, 2.05) is 43.3 Å². The number of aromatic nitrogens is 3. The molecule has 168 valence electrons. The summed E-state index contributed by atoms with van der Waals surface area (Å²) in [6.07, 6.45) is 2.35. The Morgan fingerprint density at radius 3 is 2.39 bits per heavy atom. The molecule has 0 saturated heterocycles. The lowest BCUT2D eigenvalue weighted by Crippen LogP contribution is -2.41. The number of nitrogens with one attached hydrogen (secondary N) is 1. The van der Waals surface area contributed by atoms with E-state index in [2.05, 4.69) is 21.2 Å². The van der Waals surface area contributed by atoms with E-state index in [0.717, 1.165) is 35.0 Å². The van der Waals surface area contributed by atoms with E-state index in [1.165, 1.54) is 19.8 Å². The van der Waals surface area contributed by atoms with E-state index in [1.54, 1.807) is 19.2 Å². The second-order valence-corrected chi connectivity index (χ2v) is 9.21. The quantitative estimate of drug-likeness (QED) is 0.438. The predicted molar refractivity (Wildman–Crippen MR) is 134 cm³/mol. The Hall–Kier alpha value is -3.39. The molecule has 33 heavy (non-hydrogen) atoms. The van der Waals surface area contributed by atoms with E-state index in [9.17, 15) is 14.4 Å². The first-order valence-electron chi connectivity index (χ1n) is 10.9. The van der Waals surface area contributed by atoms with Crippen LogP contribution in [0.4, 0.5) is 11.4 Å². The van der Waals surface area contributed by atoms with Gasteiger partial charge in [-0.2, -0.15) is 0 Å². The van der Waals surface area contributed by atoms with Gasteiger partial charge in [-0.05, 0) is 55.2 Å². The first-order chi connectivity index (χ1) is 15.9. The summed E-state index contributed by atoms with van der Waals surface area (Å²) < 4.78 is 5.14. The van der Waals surface area contributed by atoms with Gasteiger partial charge in [-0.25, -0.2) is 9.36 Å². The van der Waals surface area contributed by atoms with Crippen molar-refractivity contribution in [1.82, 2.24) is 13.7 Å². The van der Waals surface area contributed by atoms with Crippen molar-refractivity contribution >= 4 is 38.3 Å². The molecule has 1 N–H and O–H groups in total. The maximum absolute atomic E-state index is 13.7. The molecule has 0 aliphatic heterocycles. The molecule has 1 fully saturated rings. The van der Waals surface area contributed by atoms with Gasteiger partial charge in [0.25, 0.3) is 11.1 Å². The summed E-state index contributed by atoms with van der Waals surface area (Å²) in [6, 6.07) is 16.3. The Labute approximate surface area is 198 Å². The molecule has 8 heteroatoms. The zero-order valence-corrected chi connectivity index (χ0v) is 19.9. The van der Waals surface area contributed by atoms with Crippen LogP contribution in [-0.4, -0.2) is 13.7 Å². The largest absolute Gasteiger partial charge is 0.354 e. The SMILES string of the molecule is CCc1cc(Br)ccc1Nc1cc(=O)n(C)c2c1c(=O)n(C1CC1)c(=O)n2-c1ccccc1. The number of halogens is 1. The van der Waals surface area contributed by atoms with Crippen LogP contribution in [0.2, 0.25) is 0 Å². The van der Waals surface area contributed by atoms with Gasteiger partial charge in [0, 0.05) is 29.3 Å². The summed E-state index contributed by atoms with van der Waals surface area (Å²) in [4.78, 5) is 40.2. The van der Waals surface area contributed by atoms with Crippen molar-refractivity contribution in [2.45, 2.75) is 32.2 Å². The number of pyridine rings is 1. The van der Waals surface area contributed by atoms with E-state index in [-0.39, 0.29) is 22.8 Å². The van der Waals surface area contributed by atoms with E-state index < -0.39 is 5.69 Å². The Balaban J connectivity index is 1.89. The predicted octanol–water partition coefficient (Wildman–Crippen LogP) is 4.25. The molecule has 0 atom stereocenters. The highest BCUT2D eigenvalue weighted by Gasteiger charge is 2.30. The smallest absolute Gasteiger partial charge is 0.337 e. The molecular formula is C25H23BrN4O3. The summed E-state index contributed by atoms with van der Waals surface area (Å²) in [5.74, 6) is 0. The summed E-state index contributed by atoms with van der Waals surface area (Å²) in [7, 11) is 1.59. The summed E-state index contributed by atoms with van der Waals surface area (Å²) in [5, 5.41) is 3.64. The molecule has 2 aromatic carbocycles. The van der Waals surface area contributed by atoms with Crippen molar-refractivity contribution in [1.29, 1.82) is 0 Å².